The van der Waals surface area contributed by atoms with Gasteiger partial charge in [-0.15, -0.1) is 0 Å². The molecule has 0 aromatic carbocycles. The van der Waals surface area contributed by atoms with Crippen LogP contribution in [0, 0.1) is 28.6 Å². The van der Waals surface area contributed by atoms with E-state index >= 15 is 0 Å². The highest BCUT2D eigenvalue weighted by molar-refractivity contribution is 5.12. The van der Waals surface area contributed by atoms with E-state index in [4.69, 9.17) is 0 Å². The molecular formula is C15H27NO. The minimum Gasteiger partial charge on any atom is -0.388 e. The number of aliphatic hydroxyl groups is 1. The summed E-state index contributed by atoms with van der Waals surface area (Å²) in [6.45, 7) is 8.24. The van der Waals surface area contributed by atoms with Gasteiger partial charge in [-0.05, 0) is 44.4 Å². The molecule has 1 aliphatic carbocycles. The molecule has 1 aliphatic rings. The summed E-state index contributed by atoms with van der Waals surface area (Å²) in [7, 11) is 0. The summed E-state index contributed by atoms with van der Waals surface area (Å²) in [4.78, 5) is 0. The van der Waals surface area contributed by atoms with E-state index in [1.807, 2.05) is 6.92 Å². The molecule has 17 heavy (non-hydrogen) atoms. The highest BCUT2D eigenvalue weighted by atomic mass is 16.3. The van der Waals surface area contributed by atoms with Crippen molar-refractivity contribution in [1.29, 1.82) is 5.26 Å². The maximum atomic E-state index is 10.8. The van der Waals surface area contributed by atoms with Crippen LogP contribution in [0.2, 0.25) is 0 Å². The highest BCUT2D eigenvalue weighted by Crippen LogP contribution is 2.49. The Kier molecular flexibility index (Phi) is 4.61. The number of nitriles is 1. The van der Waals surface area contributed by atoms with Crippen LogP contribution >= 0.6 is 0 Å². The quantitative estimate of drug-likeness (QED) is 0.806. The Morgan fingerprint density at radius 2 is 1.94 bits per heavy atom. The molecule has 0 aromatic heterocycles. The van der Waals surface area contributed by atoms with Gasteiger partial charge in [-0.25, -0.2) is 0 Å². The van der Waals surface area contributed by atoms with E-state index in [-0.39, 0.29) is 5.92 Å². The number of rotatable bonds is 4. The van der Waals surface area contributed by atoms with E-state index in [1.165, 1.54) is 6.42 Å². The van der Waals surface area contributed by atoms with E-state index in [0.29, 0.717) is 0 Å². The largest absolute Gasteiger partial charge is 0.388 e. The zero-order chi connectivity index (χ0) is 13.1. The minimum absolute atomic E-state index is 0.181. The van der Waals surface area contributed by atoms with Crippen LogP contribution in [0.4, 0.5) is 0 Å². The van der Waals surface area contributed by atoms with Gasteiger partial charge >= 0.3 is 0 Å². The normalized spacial score (nSPS) is 34.7. The average molecular weight is 237 g/mol. The Balaban J connectivity index is 2.88. The SMILES string of the molecule is CCC1CCC(C#N)(C(C)(O)C(C)CC)CC1. The van der Waals surface area contributed by atoms with Crippen LogP contribution in [0.15, 0.2) is 0 Å². The first-order valence-electron chi connectivity index (χ1n) is 7.07. The summed E-state index contributed by atoms with van der Waals surface area (Å²) in [6, 6.07) is 2.47. The predicted molar refractivity (Wildman–Crippen MR) is 70.4 cm³/mol. The van der Waals surface area contributed by atoms with Gasteiger partial charge in [0.15, 0.2) is 0 Å². The standard InChI is InChI=1S/C15H27NO/c1-5-12(3)14(4,17)15(11-16)9-7-13(6-2)8-10-15/h12-13,17H,5-10H2,1-4H3. The number of hydrogen-bond acceptors (Lipinski definition) is 2. The van der Waals surface area contributed by atoms with Gasteiger partial charge in [-0.1, -0.05) is 33.6 Å². The zero-order valence-corrected chi connectivity index (χ0v) is 11.8. The summed E-state index contributed by atoms with van der Waals surface area (Å²) in [5.41, 5.74) is -1.37. The summed E-state index contributed by atoms with van der Waals surface area (Å²) in [6.07, 6.45) is 6.03. The molecule has 0 spiro atoms. The fourth-order valence-electron chi connectivity index (χ4n) is 3.18. The van der Waals surface area contributed by atoms with Crippen LogP contribution in [-0.2, 0) is 0 Å². The van der Waals surface area contributed by atoms with Crippen LogP contribution in [0.25, 0.3) is 0 Å². The molecule has 98 valence electrons. The molecule has 2 nitrogen and oxygen atoms in total. The summed E-state index contributed by atoms with van der Waals surface area (Å²) in [5, 5.41) is 20.4. The maximum absolute atomic E-state index is 10.8. The first kappa shape index (κ1) is 14.5. The Morgan fingerprint density at radius 3 is 2.29 bits per heavy atom. The van der Waals surface area contributed by atoms with Crippen molar-refractivity contribution in [3.8, 4) is 6.07 Å². The molecule has 2 unspecified atom stereocenters. The molecule has 1 fully saturated rings. The van der Waals surface area contributed by atoms with Crippen molar-refractivity contribution in [3.05, 3.63) is 0 Å². The molecule has 0 aromatic rings. The fourth-order valence-corrected chi connectivity index (χ4v) is 3.18. The van der Waals surface area contributed by atoms with Crippen molar-refractivity contribution in [1.82, 2.24) is 0 Å². The summed E-state index contributed by atoms with van der Waals surface area (Å²) in [5.74, 6) is 0.935. The summed E-state index contributed by atoms with van der Waals surface area (Å²) < 4.78 is 0. The Bertz CT molecular complexity index is 282. The van der Waals surface area contributed by atoms with Crippen molar-refractivity contribution < 1.29 is 5.11 Å². The molecule has 2 atom stereocenters. The van der Waals surface area contributed by atoms with E-state index in [9.17, 15) is 10.4 Å². The van der Waals surface area contributed by atoms with Gasteiger partial charge in [0.2, 0.25) is 0 Å². The average Bonchev–Trinajstić information content (AvgIpc) is 2.37. The molecule has 0 aliphatic heterocycles. The second-order valence-electron chi connectivity index (χ2n) is 6.00. The van der Waals surface area contributed by atoms with Crippen LogP contribution in [0.3, 0.4) is 0 Å². The van der Waals surface area contributed by atoms with Gasteiger partial charge in [0.25, 0.3) is 0 Å². The van der Waals surface area contributed by atoms with Gasteiger partial charge in [0.05, 0.1) is 17.1 Å². The third-order valence-corrected chi connectivity index (χ3v) is 5.29. The third kappa shape index (κ3) is 2.50. The Hall–Kier alpha value is -0.550. The lowest BCUT2D eigenvalue weighted by Crippen LogP contribution is -2.51. The van der Waals surface area contributed by atoms with Gasteiger partial charge in [0.1, 0.15) is 0 Å². The second kappa shape index (κ2) is 5.40. The van der Waals surface area contributed by atoms with Crippen LogP contribution in [-0.4, -0.2) is 10.7 Å². The van der Waals surface area contributed by atoms with Crippen molar-refractivity contribution in [2.45, 2.75) is 71.8 Å². The maximum Gasteiger partial charge on any atom is 0.0860 e. The molecule has 0 heterocycles. The topological polar surface area (TPSA) is 44.0 Å². The van der Waals surface area contributed by atoms with Gasteiger partial charge in [0, 0.05) is 0 Å². The lowest BCUT2D eigenvalue weighted by atomic mass is 9.58. The van der Waals surface area contributed by atoms with Crippen LogP contribution in [0.1, 0.15) is 66.2 Å². The molecular weight excluding hydrogens is 210 g/mol. The lowest BCUT2D eigenvalue weighted by molar-refractivity contribution is -0.102. The first-order chi connectivity index (χ1) is 7.93. The highest BCUT2D eigenvalue weighted by Gasteiger charge is 2.51. The Labute approximate surface area is 106 Å². The molecule has 1 saturated carbocycles. The molecule has 2 heteroatoms. The molecule has 0 amide bonds. The molecule has 1 rings (SSSR count). The fraction of sp³-hybridized carbons (Fsp3) is 0.933. The van der Waals surface area contributed by atoms with E-state index in [1.54, 1.807) is 0 Å². The number of hydrogen-bond donors (Lipinski definition) is 1. The van der Waals surface area contributed by atoms with E-state index < -0.39 is 11.0 Å². The molecule has 1 N–H and O–H groups in total. The van der Waals surface area contributed by atoms with Crippen molar-refractivity contribution >= 4 is 0 Å². The molecule has 0 radical (unpaired) electrons. The zero-order valence-electron chi connectivity index (χ0n) is 11.8. The predicted octanol–water partition coefficient (Wildman–Crippen LogP) is 3.89. The van der Waals surface area contributed by atoms with Crippen molar-refractivity contribution in [2.75, 3.05) is 0 Å². The smallest absolute Gasteiger partial charge is 0.0860 e. The van der Waals surface area contributed by atoms with Gasteiger partial charge in [-0.2, -0.15) is 5.26 Å². The second-order valence-corrected chi connectivity index (χ2v) is 6.00. The minimum atomic E-state index is -0.852. The number of nitrogens with zero attached hydrogens (tertiary/aromatic N) is 1. The lowest BCUT2D eigenvalue weighted by Gasteiger charge is -2.47. The van der Waals surface area contributed by atoms with Gasteiger partial charge in [-0.3, -0.25) is 0 Å². The monoisotopic (exact) mass is 237 g/mol. The van der Waals surface area contributed by atoms with E-state index in [0.717, 1.165) is 38.0 Å². The van der Waals surface area contributed by atoms with Crippen molar-refractivity contribution in [2.24, 2.45) is 17.3 Å². The Morgan fingerprint density at radius 1 is 1.41 bits per heavy atom. The van der Waals surface area contributed by atoms with Crippen LogP contribution < -0.4 is 0 Å². The molecule has 0 saturated heterocycles. The summed E-state index contributed by atoms with van der Waals surface area (Å²) >= 11 is 0. The van der Waals surface area contributed by atoms with Crippen LogP contribution in [0.5, 0.6) is 0 Å². The van der Waals surface area contributed by atoms with Gasteiger partial charge < -0.3 is 5.11 Å². The van der Waals surface area contributed by atoms with E-state index in [2.05, 4.69) is 26.8 Å². The third-order valence-electron chi connectivity index (χ3n) is 5.29. The molecule has 0 bridgehead atoms. The first-order valence-corrected chi connectivity index (χ1v) is 7.07. The van der Waals surface area contributed by atoms with Crippen molar-refractivity contribution in [3.63, 3.8) is 0 Å².